The maximum Gasteiger partial charge on any atom is 0.242 e. The maximum atomic E-state index is 11.7. The van der Waals surface area contributed by atoms with Crippen LogP contribution in [0.2, 0.25) is 0 Å². The number of nitrogens with zero attached hydrogens (tertiary/aromatic N) is 2. The molecular formula is C15H15ClN4O. The molecule has 6 heteroatoms. The lowest BCUT2D eigenvalue weighted by Gasteiger charge is -2.10. The van der Waals surface area contributed by atoms with Gasteiger partial charge < -0.3 is 10.6 Å². The molecule has 1 aliphatic rings. The average Bonchev–Trinajstić information content (AvgIpc) is 2.95. The minimum Gasteiger partial charge on any atom is -0.369 e. The molecule has 108 valence electrons. The summed E-state index contributed by atoms with van der Waals surface area (Å²) in [5.74, 6) is 0.673. The third kappa shape index (κ3) is 2.83. The van der Waals surface area contributed by atoms with Crippen LogP contribution in [0.25, 0.3) is 11.3 Å². The number of amides is 1. The van der Waals surface area contributed by atoms with Gasteiger partial charge in [-0.1, -0.05) is 12.1 Å². The molecule has 0 aliphatic carbocycles. The molecule has 1 aromatic heterocycles. The van der Waals surface area contributed by atoms with Crippen molar-refractivity contribution in [2.45, 2.75) is 18.7 Å². The van der Waals surface area contributed by atoms with Gasteiger partial charge >= 0.3 is 0 Å². The zero-order chi connectivity index (χ0) is 14.8. The van der Waals surface area contributed by atoms with Gasteiger partial charge in [-0.25, -0.2) is 9.97 Å². The average molecular weight is 303 g/mol. The molecule has 1 aromatic carbocycles. The summed E-state index contributed by atoms with van der Waals surface area (Å²) in [5.41, 5.74) is 3.69. The lowest BCUT2D eigenvalue weighted by molar-refractivity contribution is -0.115. The van der Waals surface area contributed by atoms with Crippen LogP contribution in [0.5, 0.6) is 0 Å². The number of benzene rings is 1. The van der Waals surface area contributed by atoms with E-state index in [1.807, 2.05) is 24.3 Å². The predicted molar refractivity (Wildman–Crippen MR) is 83.6 cm³/mol. The normalized spacial score (nSPS) is 14.2. The highest BCUT2D eigenvalue weighted by Gasteiger charge is 2.18. The Morgan fingerprint density at radius 3 is 3.10 bits per heavy atom. The van der Waals surface area contributed by atoms with Gasteiger partial charge in [0, 0.05) is 23.4 Å². The van der Waals surface area contributed by atoms with Crippen molar-refractivity contribution in [1.29, 1.82) is 0 Å². The second-order valence-electron chi connectivity index (χ2n) is 4.91. The number of anilines is 2. The quantitative estimate of drug-likeness (QED) is 0.856. The molecule has 2 N–H and O–H groups in total. The van der Waals surface area contributed by atoms with Crippen molar-refractivity contribution >= 4 is 29.0 Å². The first-order chi connectivity index (χ1) is 10.1. The van der Waals surface area contributed by atoms with Gasteiger partial charge in [-0.15, -0.1) is 11.6 Å². The van der Waals surface area contributed by atoms with E-state index in [9.17, 15) is 4.79 Å². The van der Waals surface area contributed by atoms with Crippen LogP contribution >= 0.6 is 11.6 Å². The van der Waals surface area contributed by atoms with E-state index >= 15 is 0 Å². The first-order valence-electron chi connectivity index (χ1n) is 6.78. The van der Waals surface area contributed by atoms with E-state index in [0.29, 0.717) is 5.69 Å². The number of carbonyl (C=O) groups excluding carboxylic acids is 1. The van der Waals surface area contributed by atoms with Crippen LogP contribution in [0.1, 0.15) is 12.5 Å². The lowest BCUT2D eigenvalue weighted by Crippen LogP contribution is -2.20. The van der Waals surface area contributed by atoms with Crippen LogP contribution in [0.4, 0.5) is 11.5 Å². The number of carbonyl (C=O) groups is 1. The monoisotopic (exact) mass is 302 g/mol. The third-order valence-electron chi connectivity index (χ3n) is 3.38. The number of hydrogen-bond acceptors (Lipinski definition) is 4. The summed E-state index contributed by atoms with van der Waals surface area (Å²) < 4.78 is 0. The molecule has 1 atom stereocenters. The lowest BCUT2D eigenvalue weighted by atomic mass is 10.0. The summed E-state index contributed by atoms with van der Waals surface area (Å²) in [6, 6.07) is 7.60. The Bertz CT molecular complexity index is 687. The van der Waals surface area contributed by atoms with E-state index in [2.05, 4.69) is 20.6 Å². The standard InChI is InChI=1S/C15H15ClN4O/c1-9(16)15(21)20-11-4-2-3-10(7-11)13-12-5-6-17-14(12)19-8-18-13/h2-4,7-9H,5-6H2,1H3,(H,20,21)(H,17,18,19). The number of nitrogens with one attached hydrogen (secondary N) is 2. The van der Waals surface area contributed by atoms with Crippen molar-refractivity contribution in [3.8, 4) is 11.3 Å². The van der Waals surface area contributed by atoms with E-state index in [-0.39, 0.29) is 5.91 Å². The Morgan fingerprint density at radius 2 is 2.29 bits per heavy atom. The molecule has 0 bridgehead atoms. The summed E-state index contributed by atoms with van der Waals surface area (Å²) in [5, 5.41) is 5.45. The Labute approximate surface area is 127 Å². The summed E-state index contributed by atoms with van der Waals surface area (Å²) in [6.07, 6.45) is 2.46. The van der Waals surface area contributed by atoms with Gasteiger partial charge in [0.25, 0.3) is 0 Å². The zero-order valence-electron chi connectivity index (χ0n) is 11.6. The number of rotatable bonds is 3. The van der Waals surface area contributed by atoms with Crippen LogP contribution in [0.3, 0.4) is 0 Å². The SMILES string of the molecule is CC(Cl)C(=O)Nc1cccc(-c2ncnc3c2CCN3)c1. The highest BCUT2D eigenvalue weighted by Crippen LogP contribution is 2.30. The predicted octanol–water partition coefficient (Wildman–Crippen LogP) is 2.68. The molecule has 3 rings (SSSR count). The molecule has 0 spiro atoms. The molecule has 0 saturated carbocycles. The fraction of sp³-hybridized carbons (Fsp3) is 0.267. The van der Waals surface area contributed by atoms with Gasteiger partial charge in [0.2, 0.25) is 5.91 Å². The van der Waals surface area contributed by atoms with E-state index in [1.54, 1.807) is 13.3 Å². The van der Waals surface area contributed by atoms with Gasteiger partial charge in [-0.3, -0.25) is 4.79 Å². The molecule has 0 fully saturated rings. The van der Waals surface area contributed by atoms with Gasteiger partial charge in [0.05, 0.1) is 5.69 Å². The molecule has 21 heavy (non-hydrogen) atoms. The van der Waals surface area contributed by atoms with Crippen molar-refractivity contribution in [2.75, 3.05) is 17.2 Å². The number of halogens is 1. The van der Waals surface area contributed by atoms with E-state index in [0.717, 1.165) is 35.6 Å². The third-order valence-corrected chi connectivity index (χ3v) is 3.58. The summed E-state index contributed by atoms with van der Waals surface area (Å²) in [4.78, 5) is 20.3. The number of aromatic nitrogens is 2. The summed E-state index contributed by atoms with van der Waals surface area (Å²) in [7, 11) is 0. The van der Waals surface area contributed by atoms with Crippen LogP contribution in [-0.2, 0) is 11.2 Å². The number of alkyl halides is 1. The molecule has 0 radical (unpaired) electrons. The highest BCUT2D eigenvalue weighted by molar-refractivity contribution is 6.32. The van der Waals surface area contributed by atoms with E-state index in [4.69, 9.17) is 11.6 Å². The minimum atomic E-state index is -0.568. The molecule has 1 unspecified atom stereocenters. The van der Waals surface area contributed by atoms with Crippen molar-refractivity contribution in [1.82, 2.24) is 9.97 Å². The van der Waals surface area contributed by atoms with Crippen molar-refractivity contribution in [3.05, 3.63) is 36.2 Å². The Hall–Kier alpha value is -2.14. The Balaban J connectivity index is 1.94. The van der Waals surface area contributed by atoms with Gasteiger partial charge in [-0.2, -0.15) is 0 Å². The fourth-order valence-corrected chi connectivity index (χ4v) is 2.40. The summed E-state index contributed by atoms with van der Waals surface area (Å²) in [6.45, 7) is 2.52. The van der Waals surface area contributed by atoms with Crippen LogP contribution < -0.4 is 10.6 Å². The molecule has 2 aromatic rings. The Morgan fingerprint density at radius 1 is 1.43 bits per heavy atom. The number of hydrogen-bond donors (Lipinski definition) is 2. The largest absolute Gasteiger partial charge is 0.369 e. The summed E-state index contributed by atoms with van der Waals surface area (Å²) >= 11 is 5.77. The topological polar surface area (TPSA) is 66.9 Å². The maximum absolute atomic E-state index is 11.7. The molecular weight excluding hydrogens is 288 g/mol. The highest BCUT2D eigenvalue weighted by atomic mass is 35.5. The molecule has 5 nitrogen and oxygen atoms in total. The second-order valence-corrected chi connectivity index (χ2v) is 5.57. The molecule has 0 saturated heterocycles. The molecule has 1 aliphatic heterocycles. The van der Waals surface area contributed by atoms with Crippen LogP contribution in [0, 0.1) is 0 Å². The van der Waals surface area contributed by atoms with Crippen molar-refractivity contribution < 1.29 is 4.79 Å². The second kappa shape index (κ2) is 5.69. The fourth-order valence-electron chi connectivity index (χ4n) is 2.34. The molecule has 1 amide bonds. The van der Waals surface area contributed by atoms with Crippen LogP contribution in [0.15, 0.2) is 30.6 Å². The minimum absolute atomic E-state index is 0.219. The van der Waals surface area contributed by atoms with Gasteiger partial charge in [-0.05, 0) is 25.5 Å². The number of fused-ring (bicyclic) bond motifs is 1. The first-order valence-corrected chi connectivity index (χ1v) is 7.22. The van der Waals surface area contributed by atoms with Gasteiger partial charge in [0.15, 0.2) is 0 Å². The van der Waals surface area contributed by atoms with Crippen molar-refractivity contribution in [3.63, 3.8) is 0 Å². The first kappa shape index (κ1) is 13.8. The van der Waals surface area contributed by atoms with E-state index in [1.165, 1.54) is 0 Å². The molecule has 2 heterocycles. The van der Waals surface area contributed by atoms with Crippen LogP contribution in [-0.4, -0.2) is 27.8 Å². The van der Waals surface area contributed by atoms with Gasteiger partial charge in [0.1, 0.15) is 17.5 Å². The Kier molecular flexibility index (Phi) is 3.75. The van der Waals surface area contributed by atoms with Crippen molar-refractivity contribution in [2.24, 2.45) is 0 Å². The smallest absolute Gasteiger partial charge is 0.242 e. The van der Waals surface area contributed by atoms with E-state index < -0.39 is 5.38 Å². The zero-order valence-corrected chi connectivity index (χ0v) is 12.3.